The van der Waals surface area contributed by atoms with Gasteiger partial charge >= 0.3 is 0 Å². The minimum atomic E-state index is -0.444. The topological polar surface area (TPSA) is 89.5 Å². The van der Waals surface area contributed by atoms with Crippen molar-refractivity contribution in [3.8, 4) is 5.69 Å². The molecule has 3 N–H and O–H groups in total. The normalized spacial score (nSPS) is 13.2. The molecule has 0 unspecified atom stereocenters. The summed E-state index contributed by atoms with van der Waals surface area (Å²) in [4.78, 5) is 28.5. The van der Waals surface area contributed by atoms with Crippen molar-refractivity contribution < 1.29 is 4.79 Å². The molecule has 6 nitrogen and oxygen atoms in total. The van der Waals surface area contributed by atoms with Crippen LogP contribution in [0.4, 0.5) is 5.82 Å². The summed E-state index contributed by atoms with van der Waals surface area (Å²) in [6.07, 6.45) is 6.17. The van der Waals surface area contributed by atoms with Crippen molar-refractivity contribution >= 4 is 17.9 Å². The Kier molecular flexibility index (Phi) is 4.20. The molecule has 1 aromatic carbocycles. The number of nitrogens with one attached hydrogen (secondary N) is 1. The molecular formula is C18H20N4O2. The van der Waals surface area contributed by atoms with E-state index in [9.17, 15) is 9.59 Å². The van der Waals surface area contributed by atoms with E-state index in [4.69, 9.17) is 5.73 Å². The lowest BCUT2D eigenvalue weighted by molar-refractivity contribution is 0.0961. The van der Waals surface area contributed by atoms with Crippen molar-refractivity contribution in [1.29, 1.82) is 0 Å². The third-order valence-electron chi connectivity index (χ3n) is 4.37. The number of carbonyl (C=O) groups is 1. The number of fused-ring (bicyclic) bond motifs is 1. The number of hydrogen-bond acceptors (Lipinski definition) is 4. The summed E-state index contributed by atoms with van der Waals surface area (Å²) >= 11 is 0. The Morgan fingerprint density at radius 2 is 2.08 bits per heavy atom. The molecule has 0 bridgehead atoms. The molecule has 2 aromatic rings. The van der Waals surface area contributed by atoms with Gasteiger partial charge in [0.1, 0.15) is 11.4 Å². The Balaban J connectivity index is 2.25. The lowest BCUT2D eigenvalue weighted by Gasteiger charge is -2.15. The molecule has 0 aliphatic heterocycles. The summed E-state index contributed by atoms with van der Waals surface area (Å²) in [5, 5.41) is 2.49. The molecule has 0 atom stereocenters. The van der Waals surface area contributed by atoms with Crippen molar-refractivity contribution in [3.63, 3.8) is 0 Å². The van der Waals surface area contributed by atoms with Gasteiger partial charge in [0.2, 0.25) is 5.43 Å². The molecule has 1 aromatic heterocycles. The molecule has 0 saturated carbocycles. The number of benzene rings is 1. The maximum absolute atomic E-state index is 12.5. The van der Waals surface area contributed by atoms with Gasteiger partial charge < -0.3 is 15.6 Å². The second-order valence-electron chi connectivity index (χ2n) is 5.81. The second-order valence-corrected chi connectivity index (χ2v) is 5.81. The molecule has 124 valence electrons. The van der Waals surface area contributed by atoms with E-state index in [1.54, 1.807) is 11.6 Å². The minimum Gasteiger partial charge on any atom is -0.384 e. The molecule has 0 radical (unpaired) electrons. The van der Waals surface area contributed by atoms with Crippen molar-refractivity contribution in [2.24, 2.45) is 4.99 Å². The highest BCUT2D eigenvalue weighted by molar-refractivity contribution is 5.97. The molecular weight excluding hydrogens is 304 g/mol. The molecule has 0 spiro atoms. The van der Waals surface area contributed by atoms with Crippen LogP contribution >= 0.6 is 0 Å². The summed E-state index contributed by atoms with van der Waals surface area (Å²) in [5.41, 5.74) is 9.52. The number of anilines is 1. The number of pyridine rings is 1. The number of aryl methyl sites for hydroxylation is 2. The van der Waals surface area contributed by atoms with Gasteiger partial charge in [0, 0.05) is 32.2 Å². The van der Waals surface area contributed by atoms with E-state index in [1.807, 2.05) is 6.07 Å². The van der Waals surface area contributed by atoms with Crippen molar-refractivity contribution in [2.45, 2.75) is 19.3 Å². The van der Waals surface area contributed by atoms with Gasteiger partial charge in [-0.3, -0.25) is 14.6 Å². The van der Waals surface area contributed by atoms with Gasteiger partial charge in [-0.15, -0.1) is 0 Å². The quantitative estimate of drug-likeness (QED) is 0.834. The fourth-order valence-electron chi connectivity index (χ4n) is 3.12. The number of nitrogen functional groups attached to an aromatic ring is 1. The monoisotopic (exact) mass is 324 g/mol. The predicted molar refractivity (Wildman–Crippen MR) is 95.4 cm³/mol. The van der Waals surface area contributed by atoms with E-state index in [-0.39, 0.29) is 16.9 Å². The zero-order valence-corrected chi connectivity index (χ0v) is 13.8. The van der Waals surface area contributed by atoms with E-state index >= 15 is 0 Å². The Bertz CT molecular complexity index is 897. The number of nitrogens with zero attached hydrogens (tertiary/aromatic N) is 2. The summed E-state index contributed by atoms with van der Waals surface area (Å²) in [6.45, 7) is 0. The van der Waals surface area contributed by atoms with Crippen LogP contribution in [0.2, 0.25) is 0 Å². The maximum Gasteiger partial charge on any atom is 0.256 e. The van der Waals surface area contributed by atoms with E-state index in [2.05, 4.69) is 22.4 Å². The Morgan fingerprint density at radius 3 is 2.79 bits per heavy atom. The lowest BCUT2D eigenvalue weighted by Crippen LogP contribution is -2.30. The van der Waals surface area contributed by atoms with E-state index in [0.29, 0.717) is 0 Å². The largest absolute Gasteiger partial charge is 0.384 e. The van der Waals surface area contributed by atoms with Crippen LogP contribution in [0.3, 0.4) is 0 Å². The number of aromatic nitrogens is 1. The summed E-state index contributed by atoms with van der Waals surface area (Å²) < 4.78 is 1.68. The second kappa shape index (κ2) is 6.31. The molecule has 0 fully saturated rings. The highest BCUT2D eigenvalue weighted by Crippen LogP contribution is 2.26. The maximum atomic E-state index is 12.5. The van der Waals surface area contributed by atoms with Gasteiger partial charge in [0.05, 0.1) is 5.56 Å². The van der Waals surface area contributed by atoms with Crippen molar-refractivity contribution in [3.05, 3.63) is 56.9 Å². The summed E-state index contributed by atoms with van der Waals surface area (Å²) in [5.74, 6) is -0.170. The van der Waals surface area contributed by atoms with E-state index in [0.717, 1.165) is 24.9 Å². The van der Waals surface area contributed by atoms with E-state index in [1.165, 1.54) is 30.6 Å². The van der Waals surface area contributed by atoms with Crippen LogP contribution in [0.25, 0.3) is 5.69 Å². The number of hydrogen-bond donors (Lipinski definition) is 2. The van der Waals surface area contributed by atoms with Crippen LogP contribution in [0.1, 0.15) is 33.5 Å². The van der Waals surface area contributed by atoms with Crippen LogP contribution in [-0.2, 0) is 12.8 Å². The molecule has 1 aliphatic carbocycles. The first-order valence-corrected chi connectivity index (χ1v) is 7.88. The number of aliphatic imine (C=N–C) groups is 1. The number of nitrogens with two attached hydrogens (primary N) is 1. The molecule has 24 heavy (non-hydrogen) atoms. The van der Waals surface area contributed by atoms with Crippen LogP contribution in [0, 0.1) is 0 Å². The Morgan fingerprint density at radius 1 is 1.33 bits per heavy atom. The number of carbonyl (C=O) groups excluding carboxylic acids is 1. The zero-order chi connectivity index (χ0) is 17.3. The van der Waals surface area contributed by atoms with Crippen LogP contribution < -0.4 is 16.5 Å². The molecule has 1 aliphatic rings. The van der Waals surface area contributed by atoms with E-state index < -0.39 is 11.3 Å². The van der Waals surface area contributed by atoms with Crippen molar-refractivity contribution in [2.75, 3.05) is 19.8 Å². The first kappa shape index (κ1) is 16.0. The molecule has 3 rings (SSSR count). The van der Waals surface area contributed by atoms with Crippen LogP contribution in [0.15, 0.2) is 34.2 Å². The van der Waals surface area contributed by atoms with Crippen molar-refractivity contribution in [1.82, 2.24) is 9.88 Å². The number of amides is 1. The van der Waals surface area contributed by atoms with Gasteiger partial charge in [-0.1, -0.05) is 6.07 Å². The number of rotatable bonds is 3. The van der Waals surface area contributed by atoms with Crippen LogP contribution in [0.5, 0.6) is 0 Å². The zero-order valence-electron chi connectivity index (χ0n) is 13.8. The highest BCUT2D eigenvalue weighted by Gasteiger charge is 2.19. The summed E-state index contributed by atoms with van der Waals surface area (Å²) in [6, 6.07) is 6.12. The first-order chi connectivity index (χ1) is 11.6. The predicted octanol–water partition coefficient (Wildman–Crippen LogP) is 1.32. The standard InChI is InChI=1S/C18H20N4O2/c1-20-9-14-16(23)15(18(24)21-2)10-22(17(14)19)13-7-6-11-4-3-5-12(11)8-13/h6-10H,3-5,19H2,1-2H3,(H,21,24). The first-order valence-electron chi connectivity index (χ1n) is 7.88. The SMILES string of the molecule is CN=Cc1c(N)n(-c2ccc3c(c2)CCC3)cc(C(=O)NC)c1=O. The highest BCUT2D eigenvalue weighted by atomic mass is 16.2. The molecule has 1 heterocycles. The third-order valence-corrected chi connectivity index (χ3v) is 4.37. The van der Waals surface area contributed by atoms with Gasteiger partial charge in [-0.2, -0.15) is 0 Å². The molecule has 6 heteroatoms. The average Bonchev–Trinajstić information content (AvgIpc) is 3.05. The Labute approximate surface area is 140 Å². The fraction of sp³-hybridized carbons (Fsp3) is 0.278. The lowest BCUT2D eigenvalue weighted by atomic mass is 10.1. The molecule has 1 amide bonds. The third kappa shape index (κ3) is 2.60. The van der Waals surface area contributed by atoms with Gasteiger partial charge in [-0.05, 0) is 42.5 Å². The van der Waals surface area contributed by atoms with Gasteiger partial charge in [0.15, 0.2) is 0 Å². The van der Waals surface area contributed by atoms with Gasteiger partial charge in [0.25, 0.3) is 5.91 Å². The average molecular weight is 324 g/mol. The molecule has 0 saturated heterocycles. The van der Waals surface area contributed by atoms with Gasteiger partial charge in [-0.25, -0.2) is 0 Å². The van der Waals surface area contributed by atoms with Crippen LogP contribution in [-0.4, -0.2) is 30.8 Å². The minimum absolute atomic E-state index is 0.0436. The Hall–Kier alpha value is -2.89. The summed E-state index contributed by atoms with van der Waals surface area (Å²) in [7, 11) is 3.05. The fourth-order valence-corrected chi connectivity index (χ4v) is 3.12. The smallest absolute Gasteiger partial charge is 0.256 e.